The van der Waals surface area contributed by atoms with E-state index in [1.807, 2.05) is 55.4 Å². The number of carbonyl (C=O) groups is 1. The van der Waals surface area contributed by atoms with Crippen molar-refractivity contribution in [3.63, 3.8) is 0 Å². The van der Waals surface area contributed by atoms with Gasteiger partial charge in [0, 0.05) is 6.04 Å². The minimum absolute atomic E-state index is 0.0910. The van der Waals surface area contributed by atoms with Gasteiger partial charge in [0.1, 0.15) is 0 Å². The Morgan fingerprint density at radius 1 is 0.966 bits per heavy atom. The van der Waals surface area contributed by atoms with Crippen LogP contribution in [0.5, 0.6) is 0 Å². The van der Waals surface area contributed by atoms with Gasteiger partial charge < -0.3 is 10.4 Å². The zero-order chi connectivity index (χ0) is 23.3. The predicted octanol–water partition coefficient (Wildman–Crippen LogP) is 5.72. The summed E-state index contributed by atoms with van der Waals surface area (Å²) in [6, 6.07) is 6.43. The molecule has 172 valence electrons. The Kier molecular flexibility index (Phi) is 23.7. The summed E-state index contributed by atoms with van der Waals surface area (Å²) in [4.78, 5) is 10.9. The van der Waals surface area contributed by atoms with E-state index >= 15 is 0 Å². The molecular formula is C23H45NO4S. The Bertz CT molecular complexity index is 577. The van der Waals surface area contributed by atoms with Crippen LogP contribution in [0.25, 0.3) is 0 Å². The lowest BCUT2D eigenvalue weighted by molar-refractivity contribution is -0.136. The molecule has 0 aromatic heterocycles. The van der Waals surface area contributed by atoms with Crippen molar-refractivity contribution < 1.29 is 18.3 Å². The van der Waals surface area contributed by atoms with Gasteiger partial charge in [0.25, 0.3) is 0 Å². The highest BCUT2D eigenvalue weighted by molar-refractivity contribution is 7.91. The molecular weight excluding hydrogens is 386 g/mol. The second-order valence-electron chi connectivity index (χ2n) is 5.47. The van der Waals surface area contributed by atoms with Gasteiger partial charge in [-0.25, -0.2) is 8.42 Å². The van der Waals surface area contributed by atoms with Gasteiger partial charge in [-0.2, -0.15) is 0 Å². The molecule has 1 aliphatic heterocycles. The molecule has 0 aliphatic carbocycles. The third-order valence-corrected chi connectivity index (χ3v) is 5.55. The average molecular weight is 432 g/mol. The van der Waals surface area contributed by atoms with Crippen molar-refractivity contribution in [2.24, 2.45) is 0 Å². The molecule has 1 unspecified atom stereocenters. The highest BCUT2D eigenvalue weighted by atomic mass is 32.2. The molecule has 0 radical (unpaired) electrons. The summed E-state index contributed by atoms with van der Waals surface area (Å²) < 4.78 is 24.5. The van der Waals surface area contributed by atoms with Crippen molar-refractivity contribution in [2.45, 2.75) is 98.4 Å². The lowest BCUT2D eigenvalue weighted by Gasteiger charge is -2.23. The molecule has 0 saturated carbocycles. The molecule has 2 rings (SSSR count). The van der Waals surface area contributed by atoms with Crippen LogP contribution in [0.3, 0.4) is 0 Å². The van der Waals surface area contributed by atoms with Crippen molar-refractivity contribution in [1.82, 2.24) is 5.32 Å². The molecule has 29 heavy (non-hydrogen) atoms. The Morgan fingerprint density at radius 2 is 1.48 bits per heavy atom. The number of hydrogen-bond acceptors (Lipinski definition) is 4. The maximum Gasteiger partial charge on any atom is 0.307 e. The summed E-state index contributed by atoms with van der Waals surface area (Å²) >= 11 is 0. The van der Waals surface area contributed by atoms with Crippen molar-refractivity contribution in [3.8, 4) is 0 Å². The Balaban J connectivity index is -0.000000754. The maximum atomic E-state index is 12.3. The molecule has 0 spiro atoms. The fourth-order valence-corrected chi connectivity index (χ4v) is 3.96. The summed E-state index contributed by atoms with van der Waals surface area (Å²) in [6.07, 6.45) is 3.88. The summed E-state index contributed by atoms with van der Waals surface area (Å²) in [5, 5.41) is 12.0. The number of carboxylic acid groups (broad SMARTS) is 1. The van der Waals surface area contributed by atoms with Crippen molar-refractivity contribution in [2.75, 3.05) is 12.3 Å². The van der Waals surface area contributed by atoms with E-state index in [2.05, 4.69) is 5.32 Å². The Hall–Kier alpha value is -1.40. The highest BCUT2D eigenvalue weighted by Gasteiger charge is 2.19. The van der Waals surface area contributed by atoms with E-state index in [1.165, 1.54) is 12.1 Å². The smallest absolute Gasteiger partial charge is 0.307 e. The first kappa shape index (κ1) is 32.3. The molecule has 6 heteroatoms. The van der Waals surface area contributed by atoms with Gasteiger partial charge in [-0.3, -0.25) is 4.79 Å². The maximum absolute atomic E-state index is 12.3. The molecule has 1 saturated heterocycles. The summed E-state index contributed by atoms with van der Waals surface area (Å²) in [6.45, 7) is 17.0. The fraction of sp³-hybridized carbons (Fsp3) is 0.696. The molecule has 1 aromatic carbocycles. The summed E-state index contributed by atoms with van der Waals surface area (Å²) in [5.74, 6) is -0.794. The minimum Gasteiger partial charge on any atom is -0.481 e. The van der Waals surface area contributed by atoms with Crippen molar-refractivity contribution >= 4 is 15.8 Å². The van der Waals surface area contributed by atoms with E-state index in [9.17, 15) is 13.2 Å². The van der Waals surface area contributed by atoms with Crippen LogP contribution in [0, 0.1) is 0 Å². The second kappa shape index (κ2) is 21.3. The van der Waals surface area contributed by atoms with Crippen LogP contribution in [0.4, 0.5) is 0 Å². The van der Waals surface area contributed by atoms with Gasteiger partial charge in [0.2, 0.25) is 0 Å². The number of hydrogen-bond donors (Lipinski definition) is 2. The first-order chi connectivity index (χ1) is 14.0. The number of aliphatic carboxylic acids is 1. The third kappa shape index (κ3) is 15.1. The topological polar surface area (TPSA) is 83.5 Å². The zero-order valence-electron chi connectivity index (χ0n) is 19.9. The van der Waals surface area contributed by atoms with Gasteiger partial charge in [-0.1, -0.05) is 73.9 Å². The lowest BCUT2D eigenvalue weighted by Crippen LogP contribution is -2.35. The Morgan fingerprint density at radius 3 is 1.90 bits per heavy atom. The second-order valence-corrected chi connectivity index (χ2v) is 7.58. The van der Waals surface area contributed by atoms with Gasteiger partial charge >= 0.3 is 5.97 Å². The van der Waals surface area contributed by atoms with Gasteiger partial charge in [-0.15, -0.1) is 0 Å². The predicted molar refractivity (Wildman–Crippen MR) is 125 cm³/mol. The van der Waals surface area contributed by atoms with E-state index in [4.69, 9.17) is 5.11 Å². The number of rotatable bonds is 6. The fourth-order valence-electron chi connectivity index (χ4n) is 2.57. The number of nitrogens with one attached hydrogen (secondary N) is 1. The molecule has 2 N–H and O–H groups in total. The molecule has 5 nitrogen and oxygen atoms in total. The highest BCUT2D eigenvalue weighted by Crippen LogP contribution is 2.17. The normalized spacial score (nSPS) is 14.8. The SMILES string of the molecule is CC.CC.CC.CC.O=C(O)Cc1ccc(S(=O)(=O)CCC2CCCCN2)cc1. The van der Waals surface area contributed by atoms with Crippen LogP contribution >= 0.6 is 0 Å². The van der Waals surface area contributed by atoms with Gasteiger partial charge in [0.05, 0.1) is 17.1 Å². The molecule has 1 heterocycles. The largest absolute Gasteiger partial charge is 0.481 e. The number of piperidine rings is 1. The van der Waals surface area contributed by atoms with E-state index in [0.717, 1.165) is 25.8 Å². The summed E-state index contributed by atoms with van der Waals surface area (Å²) in [5.41, 5.74) is 0.607. The van der Waals surface area contributed by atoms with Gasteiger partial charge in [-0.05, 0) is 43.5 Å². The molecule has 1 aliphatic rings. The number of sulfone groups is 1. The van der Waals surface area contributed by atoms with Crippen LogP contribution in [-0.2, 0) is 21.1 Å². The van der Waals surface area contributed by atoms with Gasteiger partial charge in [0.15, 0.2) is 9.84 Å². The van der Waals surface area contributed by atoms with Crippen molar-refractivity contribution in [1.29, 1.82) is 0 Å². The van der Waals surface area contributed by atoms with E-state index in [0.29, 0.717) is 18.0 Å². The number of carboxylic acids is 1. The monoisotopic (exact) mass is 431 g/mol. The summed E-state index contributed by atoms with van der Waals surface area (Å²) in [7, 11) is -3.29. The van der Waals surface area contributed by atoms with E-state index in [1.54, 1.807) is 12.1 Å². The van der Waals surface area contributed by atoms with Crippen molar-refractivity contribution in [3.05, 3.63) is 29.8 Å². The van der Waals surface area contributed by atoms with Crippen LogP contribution < -0.4 is 5.32 Å². The van der Waals surface area contributed by atoms with Crippen LogP contribution in [0.15, 0.2) is 29.2 Å². The molecule has 1 aromatic rings. The van der Waals surface area contributed by atoms with Crippen LogP contribution in [0.1, 0.15) is 86.6 Å². The van der Waals surface area contributed by atoms with E-state index < -0.39 is 15.8 Å². The molecule has 1 atom stereocenters. The Labute approximate surface area is 180 Å². The molecule has 0 amide bonds. The first-order valence-electron chi connectivity index (χ1n) is 11.2. The van der Waals surface area contributed by atoms with Crippen LogP contribution in [-0.4, -0.2) is 37.8 Å². The molecule has 1 fully saturated rings. The number of benzene rings is 1. The molecule has 0 bridgehead atoms. The zero-order valence-corrected chi connectivity index (χ0v) is 20.7. The van der Waals surface area contributed by atoms with E-state index in [-0.39, 0.29) is 17.1 Å². The van der Waals surface area contributed by atoms with Crippen LogP contribution in [0.2, 0.25) is 0 Å². The lowest BCUT2D eigenvalue weighted by atomic mass is 10.0. The average Bonchev–Trinajstić information content (AvgIpc) is 2.79. The standard InChI is InChI=1S/C15H21NO4S.4C2H6/c17-15(18)11-12-4-6-14(7-5-12)21(19,20)10-8-13-3-1-2-9-16-13;4*1-2/h4-7,13,16H,1-3,8-11H2,(H,17,18);4*1-2H3. The minimum atomic E-state index is -3.29. The quantitative estimate of drug-likeness (QED) is 0.601. The first-order valence-corrected chi connectivity index (χ1v) is 12.9. The third-order valence-electron chi connectivity index (χ3n) is 3.79.